The molecular weight excluding hydrogens is 266 g/mol. The zero-order valence-corrected chi connectivity index (χ0v) is 12.6. The minimum atomic E-state index is -0.242. The number of hydrogen-bond acceptors (Lipinski definition) is 0. The van der Waals surface area contributed by atoms with E-state index in [9.17, 15) is 0 Å². The predicted octanol–water partition coefficient (Wildman–Crippen LogP) is 4.56. The summed E-state index contributed by atoms with van der Waals surface area (Å²) in [5.41, 5.74) is 0. The van der Waals surface area contributed by atoms with Gasteiger partial charge in [-0.15, -0.1) is 0 Å². The van der Waals surface area contributed by atoms with Gasteiger partial charge in [-0.25, -0.2) is 0 Å². The highest BCUT2D eigenvalue weighted by Crippen LogP contribution is 2.59. The number of benzene rings is 2. The lowest BCUT2D eigenvalue weighted by molar-refractivity contribution is 1.41. The Morgan fingerprint density at radius 1 is 0.789 bits per heavy atom. The van der Waals surface area contributed by atoms with Crippen LogP contribution in [0.15, 0.2) is 84.2 Å². The summed E-state index contributed by atoms with van der Waals surface area (Å²) < 4.78 is 0. The molecule has 0 heterocycles. The van der Waals surface area contributed by atoms with Crippen molar-refractivity contribution in [2.24, 2.45) is 0 Å². The Hall–Kier alpha value is -1.22. The van der Waals surface area contributed by atoms with Crippen LogP contribution in [0.5, 0.6) is 0 Å². The van der Waals surface area contributed by atoms with Crippen molar-refractivity contribution in [2.75, 3.05) is 0 Å². The second kappa shape index (κ2) is 6.29. The fourth-order valence-electron chi connectivity index (χ4n) is 2.11. The minimum absolute atomic E-state index is 0.242. The quantitative estimate of drug-likeness (QED) is 0.721. The molecule has 0 bridgehead atoms. The van der Waals surface area contributed by atoms with Gasteiger partial charge in [-0.2, -0.15) is 0 Å². The summed E-state index contributed by atoms with van der Waals surface area (Å²) in [5.74, 6) is 0. The van der Waals surface area contributed by atoms with E-state index in [0.29, 0.717) is 0 Å². The molecule has 0 fully saturated rings. The first kappa shape index (κ1) is 12.8. The van der Waals surface area contributed by atoms with Crippen LogP contribution in [0.3, 0.4) is 0 Å². The van der Waals surface area contributed by atoms with Crippen molar-refractivity contribution in [3.63, 3.8) is 0 Å². The van der Waals surface area contributed by atoms with E-state index in [2.05, 4.69) is 78.9 Å². The zero-order chi connectivity index (χ0) is 12.9. The van der Waals surface area contributed by atoms with E-state index in [1.807, 2.05) is 0 Å². The summed E-state index contributed by atoms with van der Waals surface area (Å²) >= 11 is 0. The topological polar surface area (TPSA) is 0 Å². The second-order valence-corrected chi connectivity index (χ2v) is 9.02. The molecule has 0 aliphatic heterocycles. The minimum Gasteiger partial charge on any atom is -0.0801 e. The Bertz CT molecular complexity index is 546. The molecule has 2 aromatic rings. The molecule has 1 unspecified atom stereocenters. The van der Waals surface area contributed by atoms with Gasteiger partial charge in [-0.1, -0.05) is 87.2 Å². The van der Waals surface area contributed by atoms with Crippen molar-refractivity contribution < 1.29 is 0 Å². The number of allylic oxidation sites excluding steroid dienone is 4. The maximum atomic E-state index is 2.29. The Morgan fingerprint density at radius 3 is 1.84 bits per heavy atom. The largest absolute Gasteiger partial charge is 0.0801 e. The maximum Gasteiger partial charge on any atom is -0.00888 e. The molecule has 3 rings (SSSR count). The molecule has 0 radical (unpaired) electrons. The fourth-order valence-corrected chi connectivity index (χ4v) is 7.30. The molecule has 1 aliphatic rings. The maximum absolute atomic E-state index is 2.29. The van der Waals surface area contributed by atoms with E-state index in [1.165, 1.54) is 10.6 Å². The van der Waals surface area contributed by atoms with Gasteiger partial charge in [-0.05, 0) is 30.0 Å². The molecule has 19 heavy (non-hydrogen) atoms. The van der Waals surface area contributed by atoms with Crippen LogP contribution in [0.1, 0.15) is 6.42 Å². The fraction of sp³-hybridized carbons (Fsp3) is 0.0588. The third-order valence-corrected chi connectivity index (χ3v) is 8.65. The van der Waals surface area contributed by atoms with Crippen LogP contribution in [0, 0.1) is 0 Å². The Balaban J connectivity index is 1.92. The van der Waals surface area contributed by atoms with Gasteiger partial charge in [0.25, 0.3) is 0 Å². The van der Waals surface area contributed by atoms with Gasteiger partial charge >= 0.3 is 0 Å². The number of hydrogen-bond donors (Lipinski definition) is 0. The van der Waals surface area contributed by atoms with Crippen molar-refractivity contribution in [3.8, 4) is 0 Å². The van der Waals surface area contributed by atoms with Gasteiger partial charge in [0.15, 0.2) is 0 Å². The van der Waals surface area contributed by atoms with Crippen LogP contribution in [-0.2, 0) is 0 Å². The third-order valence-electron chi connectivity index (χ3n) is 3.06. The molecule has 0 spiro atoms. The normalized spacial score (nSPS) is 14.5. The lowest BCUT2D eigenvalue weighted by atomic mass is 10.4. The first-order valence-corrected chi connectivity index (χ1v) is 9.64. The van der Waals surface area contributed by atoms with E-state index in [4.69, 9.17) is 0 Å². The second-order valence-electron chi connectivity index (χ2n) is 4.44. The molecular formula is C17H16P2. The van der Waals surface area contributed by atoms with E-state index < -0.39 is 0 Å². The van der Waals surface area contributed by atoms with Crippen LogP contribution in [0.25, 0.3) is 0 Å². The van der Waals surface area contributed by atoms with Gasteiger partial charge in [0.2, 0.25) is 0 Å². The summed E-state index contributed by atoms with van der Waals surface area (Å²) in [6.07, 6.45) is 7.87. The Labute approximate surface area is 117 Å². The van der Waals surface area contributed by atoms with Crippen molar-refractivity contribution >= 4 is 26.5 Å². The first-order chi connectivity index (χ1) is 9.43. The smallest absolute Gasteiger partial charge is 0.00888 e. The number of rotatable bonds is 4. The third kappa shape index (κ3) is 3.21. The lowest BCUT2D eigenvalue weighted by Gasteiger charge is -2.19. The highest BCUT2D eigenvalue weighted by Gasteiger charge is 2.15. The van der Waals surface area contributed by atoms with Crippen molar-refractivity contribution in [3.05, 3.63) is 84.2 Å². The van der Waals surface area contributed by atoms with Crippen molar-refractivity contribution in [1.29, 1.82) is 0 Å². The van der Waals surface area contributed by atoms with Crippen LogP contribution < -0.4 is 10.6 Å². The molecule has 0 aromatic heterocycles. The van der Waals surface area contributed by atoms with Crippen molar-refractivity contribution in [1.82, 2.24) is 0 Å². The summed E-state index contributed by atoms with van der Waals surface area (Å²) in [7, 11) is 0.653. The monoisotopic (exact) mass is 282 g/mol. The molecule has 94 valence electrons. The van der Waals surface area contributed by atoms with Crippen molar-refractivity contribution in [2.45, 2.75) is 6.42 Å². The molecule has 0 nitrogen and oxygen atoms in total. The van der Waals surface area contributed by atoms with Crippen LogP contribution in [0.2, 0.25) is 0 Å². The van der Waals surface area contributed by atoms with Gasteiger partial charge in [0.1, 0.15) is 0 Å². The summed E-state index contributed by atoms with van der Waals surface area (Å²) in [4.78, 5) is 0. The van der Waals surface area contributed by atoms with Gasteiger partial charge in [0, 0.05) is 0 Å². The first-order valence-electron chi connectivity index (χ1n) is 6.46. The van der Waals surface area contributed by atoms with E-state index >= 15 is 0 Å². The van der Waals surface area contributed by atoms with E-state index in [-0.39, 0.29) is 7.61 Å². The molecule has 0 saturated carbocycles. The van der Waals surface area contributed by atoms with Crippen LogP contribution in [-0.4, -0.2) is 0 Å². The molecule has 2 heteroatoms. The average molecular weight is 282 g/mol. The Morgan fingerprint density at radius 2 is 1.37 bits per heavy atom. The zero-order valence-electron chi connectivity index (χ0n) is 10.7. The SMILES string of the molecule is C1=CCC(PP(c2ccccc2)c2ccccc2)=C1. The Kier molecular flexibility index (Phi) is 4.23. The molecule has 0 N–H and O–H groups in total. The molecule has 1 atom stereocenters. The molecule has 2 aromatic carbocycles. The predicted molar refractivity (Wildman–Crippen MR) is 89.2 cm³/mol. The van der Waals surface area contributed by atoms with E-state index in [0.717, 1.165) is 14.7 Å². The molecule has 1 aliphatic carbocycles. The van der Waals surface area contributed by atoms with Gasteiger partial charge in [0.05, 0.1) is 0 Å². The van der Waals surface area contributed by atoms with Gasteiger partial charge < -0.3 is 0 Å². The highest BCUT2D eigenvalue weighted by atomic mass is 32.0. The summed E-state index contributed by atoms with van der Waals surface area (Å²) in [5, 5.41) is 4.54. The molecule has 0 amide bonds. The molecule has 0 saturated heterocycles. The van der Waals surface area contributed by atoms with E-state index in [1.54, 1.807) is 5.31 Å². The highest BCUT2D eigenvalue weighted by molar-refractivity contribution is 8.29. The van der Waals surface area contributed by atoms with Crippen LogP contribution >= 0.6 is 15.9 Å². The summed E-state index contributed by atoms with van der Waals surface area (Å²) in [6, 6.07) is 21.9. The van der Waals surface area contributed by atoms with Gasteiger partial charge in [-0.3, -0.25) is 0 Å². The summed E-state index contributed by atoms with van der Waals surface area (Å²) in [6.45, 7) is 0. The standard InChI is InChI=1S/C17H16P2/c1-3-11-16(12-4-1)19(17-13-5-2-6-14-17)18-15-9-7-8-10-15/h1-9,11-14,18H,10H2. The van der Waals surface area contributed by atoms with Crippen LogP contribution in [0.4, 0.5) is 0 Å². The lowest BCUT2D eigenvalue weighted by Crippen LogP contribution is -2.08. The average Bonchev–Trinajstić information content (AvgIpc) is 3.00.